The van der Waals surface area contributed by atoms with Gasteiger partial charge in [0.25, 0.3) is 0 Å². The monoisotopic (exact) mass is 473 g/mol. The van der Waals surface area contributed by atoms with Crippen molar-refractivity contribution in [3.63, 3.8) is 0 Å². The Morgan fingerprint density at radius 1 is 0.459 bits per heavy atom. The molecule has 0 N–H and O–H groups in total. The van der Waals surface area contributed by atoms with Crippen molar-refractivity contribution < 1.29 is 0 Å². The van der Waals surface area contributed by atoms with Crippen molar-refractivity contribution in [1.29, 1.82) is 0 Å². The van der Waals surface area contributed by atoms with Crippen LogP contribution in [0.1, 0.15) is 5.56 Å². The summed E-state index contributed by atoms with van der Waals surface area (Å²) in [6.45, 7) is 2.14. The normalized spacial score (nSPS) is 11.5. The maximum absolute atomic E-state index is 2.38. The molecule has 0 aliphatic carbocycles. The zero-order valence-electron chi connectivity index (χ0n) is 21.1. The van der Waals surface area contributed by atoms with Crippen LogP contribution in [-0.2, 0) is 7.05 Å². The number of nitrogens with zero attached hydrogens (tertiary/aromatic N) is 1. The number of fused-ring (bicyclic) bond motifs is 3. The van der Waals surface area contributed by atoms with Crippen molar-refractivity contribution in [3.8, 4) is 33.5 Å². The van der Waals surface area contributed by atoms with E-state index in [1.54, 1.807) is 0 Å². The third-order valence-electron chi connectivity index (χ3n) is 7.65. The van der Waals surface area contributed by atoms with E-state index in [1.165, 1.54) is 71.5 Å². The highest BCUT2D eigenvalue weighted by Gasteiger charge is 2.19. The zero-order valence-corrected chi connectivity index (χ0v) is 21.1. The quantitative estimate of drug-likeness (QED) is 0.225. The molecule has 0 unspecified atom stereocenters. The van der Waals surface area contributed by atoms with Crippen molar-refractivity contribution >= 4 is 32.4 Å². The second-order valence-corrected chi connectivity index (χ2v) is 9.94. The molecule has 1 heteroatoms. The maximum atomic E-state index is 2.38. The summed E-state index contributed by atoms with van der Waals surface area (Å²) >= 11 is 0. The average molecular weight is 474 g/mol. The summed E-state index contributed by atoms with van der Waals surface area (Å²) in [5.74, 6) is 0. The first-order valence-corrected chi connectivity index (χ1v) is 12.8. The smallest absolute Gasteiger partial charge is 0.0568 e. The zero-order chi connectivity index (χ0) is 24.9. The molecule has 0 fully saturated rings. The van der Waals surface area contributed by atoms with Crippen LogP contribution in [-0.4, -0.2) is 4.57 Å². The number of benzene rings is 6. The van der Waals surface area contributed by atoms with Gasteiger partial charge in [-0.2, -0.15) is 0 Å². The van der Waals surface area contributed by atoms with Gasteiger partial charge in [0.05, 0.1) is 5.69 Å². The topological polar surface area (TPSA) is 4.93 Å². The summed E-state index contributed by atoms with van der Waals surface area (Å²) in [5.41, 5.74) is 10.1. The van der Waals surface area contributed by atoms with Gasteiger partial charge in [0.15, 0.2) is 0 Å². The molecular weight excluding hydrogens is 446 g/mol. The van der Waals surface area contributed by atoms with Crippen LogP contribution in [0.25, 0.3) is 66.0 Å². The van der Waals surface area contributed by atoms with Gasteiger partial charge in [0.2, 0.25) is 0 Å². The molecule has 0 aliphatic heterocycles. The highest BCUT2D eigenvalue weighted by atomic mass is 15.0. The van der Waals surface area contributed by atoms with E-state index in [0.29, 0.717) is 0 Å². The molecule has 0 saturated heterocycles. The summed E-state index contributed by atoms with van der Waals surface area (Å²) in [5, 5.41) is 6.40. The molecule has 176 valence electrons. The van der Waals surface area contributed by atoms with Crippen LogP contribution >= 0.6 is 0 Å². The van der Waals surface area contributed by atoms with E-state index in [0.717, 1.165) is 0 Å². The molecule has 7 aromatic rings. The molecule has 0 amide bonds. The second kappa shape index (κ2) is 8.50. The van der Waals surface area contributed by atoms with Crippen LogP contribution in [0.5, 0.6) is 0 Å². The molecule has 1 nitrogen and oxygen atoms in total. The molecule has 7 rings (SSSR count). The van der Waals surface area contributed by atoms with Gasteiger partial charge < -0.3 is 4.57 Å². The van der Waals surface area contributed by atoms with Crippen molar-refractivity contribution in [1.82, 2.24) is 4.57 Å². The first kappa shape index (κ1) is 21.6. The molecular formula is C36H27N. The lowest BCUT2D eigenvalue weighted by atomic mass is 9.91. The van der Waals surface area contributed by atoms with E-state index in [-0.39, 0.29) is 0 Å². The summed E-state index contributed by atoms with van der Waals surface area (Å²) in [6, 6.07) is 46.5. The lowest BCUT2D eigenvalue weighted by Crippen LogP contribution is -1.93. The van der Waals surface area contributed by atoms with Gasteiger partial charge in [-0.25, -0.2) is 0 Å². The van der Waals surface area contributed by atoms with E-state index >= 15 is 0 Å². The van der Waals surface area contributed by atoms with E-state index in [1.807, 2.05) is 0 Å². The molecule has 37 heavy (non-hydrogen) atoms. The van der Waals surface area contributed by atoms with Gasteiger partial charge in [-0.3, -0.25) is 0 Å². The predicted octanol–water partition coefficient (Wildman–Crippen LogP) is 9.79. The van der Waals surface area contributed by atoms with Crippen molar-refractivity contribution in [3.05, 3.63) is 133 Å². The van der Waals surface area contributed by atoms with Crippen LogP contribution in [0.3, 0.4) is 0 Å². The lowest BCUT2D eigenvalue weighted by Gasteiger charge is -2.13. The van der Waals surface area contributed by atoms with Gasteiger partial charge >= 0.3 is 0 Å². The van der Waals surface area contributed by atoms with Gasteiger partial charge in [-0.1, -0.05) is 121 Å². The third-order valence-corrected chi connectivity index (χ3v) is 7.65. The van der Waals surface area contributed by atoms with E-state index in [9.17, 15) is 0 Å². The fraction of sp³-hybridized carbons (Fsp3) is 0.0556. The van der Waals surface area contributed by atoms with Crippen molar-refractivity contribution in [2.24, 2.45) is 7.05 Å². The lowest BCUT2D eigenvalue weighted by molar-refractivity contribution is 0.979. The molecule has 0 atom stereocenters. The van der Waals surface area contributed by atoms with E-state index < -0.39 is 0 Å². The largest absolute Gasteiger partial charge is 0.343 e. The highest BCUT2D eigenvalue weighted by molar-refractivity contribution is 6.14. The Kier molecular flexibility index (Phi) is 4.97. The Bertz CT molecular complexity index is 1870. The first-order valence-electron chi connectivity index (χ1n) is 12.8. The molecule has 6 aromatic carbocycles. The Morgan fingerprint density at radius 3 is 1.73 bits per heavy atom. The molecule has 0 aliphatic rings. The number of rotatable bonds is 3. The molecule has 0 spiro atoms. The predicted molar refractivity (Wildman–Crippen MR) is 159 cm³/mol. The third kappa shape index (κ3) is 3.47. The van der Waals surface area contributed by atoms with Gasteiger partial charge in [-0.15, -0.1) is 0 Å². The first-order chi connectivity index (χ1) is 18.2. The van der Waals surface area contributed by atoms with Crippen LogP contribution in [0.15, 0.2) is 127 Å². The minimum absolute atomic E-state index is 1.23. The fourth-order valence-corrected chi connectivity index (χ4v) is 5.86. The molecule has 1 aromatic heterocycles. The molecule has 1 heterocycles. The van der Waals surface area contributed by atoms with Crippen molar-refractivity contribution in [2.75, 3.05) is 0 Å². The molecule has 0 bridgehead atoms. The van der Waals surface area contributed by atoms with Gasteiger partial charge in [0, 0.05) is 23.5 Å². The Hall–Kier alpha value is -4.62. The summed E-state index contributed by atoms with van der Waals surface area (Å²) in [7, 11) is 2.20. The molecule has 0 saturated carbocycles. The molecule has 0 radical (unpaired) electrons. The second-order valence-electron chi connectivity index (χ2n) is 9.94. The SMILES string of the molecule is Cc1ccc(-c2c(-c3ccccc3)n(C)c3cc(-c4c5ccccc5cc5ccccc45)ccc23)cc1. The van der Waals surface area contributed by atoms with Crippen LogP contribution in [0.4, 0.5) is 0 Å². The minimum atomic E-state index is 1.23. The van der Waals surface area contributed by atoms with Crippen molar-refractivity contribution in [2.45, 2.75) is 6.92 Å². The number of aryl methyl sites for hydroxylation is 2. The summed E-state index contributed by atoms with van der Waals surface area (Å²) in [4.78, 5) is 0. The van der Waals surface area contributed by atoms with E-state index in [4.69, 9.17) is 0 Å². The Balaban J connectivity index is 1.56. The maximum Gasteiger partial charge on any atom is 0.0568 e. The summed E-state index contributed by atoms with van der Waals surface area (Å²) in [6.07, 6.45) is 0. The minimum Gasteiger partial charge on any atom is -0.343 e. The number of hydrogen-bond donors (Lipinski definition) is 0. The number of aromatic nitrogens is 1. The Labute approximate surface area is 217 Å². The highest BCUT2D eigenvalue weighted by Crippen LogP contribution is 2.43. The summed E-state index contributed by atoms with van der Waals surface area (Å²) < 4.78 is 2.37. The average Bonchev–Trinajstić information content (AvgIpc) is 3.24. The fourth-order valence-electron chi connectivity index (χ4n) is 5.86. The standard InChI is InChI=1S/C36H27N/c1-24-16-18-25(19-17-24)35-32-21-20-29(23-33(32)37(2)36(35)26-10-4-3-5-11-26)34-30-14-8-6-12-27(30)22-28-13-7-9-15-31(28)34/h3-23H,1-2H3. The van der Waals surface area contributed by atoms with Crippen LogP contribution in [0.2, 0.25) is 0 Å². The Morgan fingerprint density at radius 2 is 1.05 bits per heavy atom. The van der Waals surface area contributed by atoms with Crippen LogP contribution < -0.4 is 0 Å². The number of hydrogen-bond acceptors (Lipinski definition) is 0. The van der Waals surface area contributed by atoms with Crippen LogP contribution in [0, 0.1) is 6.92 Å². The van der Waals surface area contributed by atoms with E-state index in [2.05, 4.69) is 146 Å². The van der Waals surface area contributed by atoms with Gasteiger partial charge in [-0.05, 0) is 62.9 Å². The van der Waals surface area contributed by atoms with Gasteiger partial charge in [0.1, 0.15) is 0 Å².